The Balaban J connectivity index is 0.000000658. The summed E-state index contributed by atoms with van der Waals surface area (Å²) in [7, 11) is 2.09. The molecule has 1 aliphatic rings. The van der Waals surface area contributed by atoms with Gasteiger partial charge in [0.25, 0.3) is 0 Å². The molecular weight excluding hydrogens is 456 g/mol. The van der Waals surface area contributed by atoms with E-state index in [-0.39, 0.29) is 11.9 Å². The molecule has 0 atom stereocenters. The normalized spacial score (nSPS) is 13.7. The monoisotopic (exact) mass is 492 g/mol. The summed E-state index contributed by atoms with van der Waals surface area (Å²) >= 11 is 0. The van der Waals surface area contributed by atoms with Crippen molar-refractivity contribution in [3.05, 3.63) is 34.9 Å². The first-order valence-corrected chi connectivity index (χ1v) is 11.4. The number of unbranched alkanes of at least 4 members (excludes halogenated alkanes) is 1. The number of carboxylic acids is 2. The van der Waals surface area contributed by atoms with E-state index in [4.69, 9.17) is 19.7 Å². The van der Waals surface area contributed by atoms with Crippen LogP contribution in [-0.4, -0.2) is 83.7 Å². The van der Waals surface area contributed by atoms with Crippen LogP contribution in [0, 0.1) is 20.8 Å². The highest BCUT2D eigenvalue weighted by atomic mass is 16.5. The van der Waals surface area contributed by atoms with Gasteiger partial charge in [0.2, 0.25) is 5.91 Å². The van der Waals surface area contributed by atoms with E-state index in [9.17, 15) is 19.2 Å². The molecule has 1 aromatic rings. The minimum Gasteiger partial charge on any atom is -0.493 e. The minimum absolute atomic E-state index is 0.247. The molecule has 0 bridgehead atoms. The van der Waals surface area contributed by atoms with Gasteiger partial charge in [0.1, 0.15) is 11.5 Å². The van der Waals surface area contributed by atoms with Gasteiger partial charge in [-0.15, -0.1) is 0 Å². The zero-order chi connectivity index (χ0) is 26.5. The van der Waals surface area contributed by atoms with Crippen molar-refractivity contribution < 1.29 is 38.9 Å². The maximum Gasteiger partial charge on any atom is 0.328 e. The van der Waals surface area contributed by atoms with E-state index >= 15 is 0 Å². The van der Waals surface area contributed by atoms with Gasteiger partial charge in [-0.05, 0) is 63.4 Å². The van der Waals surface area contributed by atoms with Crippen molar-refractivity contribution in [2.45, 2.75) is 47.0 Å². The first-order valence-electron chi connectivity index (χ1n) is 11.4. The quantitative estimate of drug-likeness (QED) is 0.231. The molecular formula is C25H36N2O8. The molecule has 35 heavy (non-hydrogen) atoms. The third-order valence-electron chi connectivity index (χ3n) is 5.49. The number of esters is 1. The fourth-order valence-electron chi connectivity index (χ4n) is 3.39. The molecule has 2 rings (SSSR count). The van der Waals surface area contributed by atoms with Gasteiger partial charge in [0.15, 0.2) is 0 Å². The van der Waals surface area contributed by atoms with Gasteiger partial charge in [0.05, 0.1) is 6.61 Å². The molecule has 1 amide bonds. The lowest BCUT2D eigenvalue weighted by atomic mass is 10.0. The smallest absolute Gasteiger partial charge is 0.328 e. The molecule has 0 unspecified atom stereocenters. The van der Waals surface area contributed by atoms with Crippen molar-refractivity contribution in [2.24, 2.45) is 0 Å². The average molecular weight is 493 g/mol. The number of hydrogen-bond donors (Lipinski definition) is 2. The summed E-state index contributed by atoms with van der Waals surface area (Å²) in [5.41, 5.74) is 2.78. The van der Waals surface area contributed by atoms with Gasteiger partial charge < -0.3 is 29.5 Å². The zero-order valence-electron chi connectivity index (χ0n) is 21.1. The summed E-state index contributed by atoms with van der Waals surface area (Å²) in [6.45, 7) is 11.4. The second-order valence-electron chi connectivity index (χ2n) is 8.36. The molecule has 1 heterocycles. The Morgan fingerprint density at radius 1 is 0.943 bits per heavy atom. The number of nitrogens with zero attached hydrogens (tertiary/aromatic N) is 2. The predicted molar refractivity (Wildman–Crippen MR) is 130 cm³/mol. The summed E-state index contributed by atoms with van der Waals surface area (Å²) in [5, 5.41) is 15.6. The van der Waals surface area contributed by atoms with E-state index in [0.29, 0.717) is 30.9 Å². The number of piperazine rings is 1. The van der Waals surface area contributed by atoms with Crippen molar-refractivity contribution in [2.75, 3.05) is 39.8 Å². The number of benzene rings is 1. The molecule has 1 saturated heterocycles. The molecule has 0 spiro atoms. The Bertz CT molecular complexity index is 918. The largest absolute Gasteiger partial charge is 0.493 e. The van der Waals surface area contributed by atoms with Crippen molar-refractivity contribution in [3.63, 3.8) is 0 Å². The van der Waals surface area contributed by atoms with E-state index in [1.807, 2.05) is 31.7 Å². The van der Waals surface area contributed by atoms with E-state index < -0.39 is 11.9 Å². The van der Waals surface area contributed by atoms with Crippen molar-refractivity contribution in [1.82, 2.24) is 9.80 Å². The molecule has 0 aromatic heterocycles. The molecule has 1 aromatic carbocycles. The van der Waals surface area contributed by atoms with Crippen LogP contribution in [0.15, 0.2) is 18.2 Å². The number of aryl methyl sites for hydroxylation is 1. The number of carbonyl (C=O) groups is 4. The predicted octanol–water partition coefficient (Wildman–Crippen LogP) is 2.57. The number of likely N-dealkylation sites (N-methyl/N-ethyl adjacent to an activating group) is 1. The second-order valence-corrected chi connectivity index (χ2v) is 8.36. The average Bonchev–Trinajstić information content (AvgIpc) is 2.79. The van der Waals surface area contributed by atoms with Crippen LogP contribution in [0.2, 0.25) is 0 Å². The number of amides is 1. The standard InChI is InChI=1S/C21H32N2O4.C4H4O4/c1-15-14-19(16(2)17(3)21(15)27-18(4)24)26-13-7-6-8-20(25)23-11-9-22(5)10-12-23;5-3(6)1-2-4(7)8/h14H,6-13H2,1-5H3;1-2H,(H,5,6)(H,7,8)/b;2-1-. The lowest BCUT2D eigenvalue weighted by Crippen LogP contribution is -2.47. The van der Waals surface area contributed by atoms with Crippen LogP contribution < -0.4 is 9.47 Å². The highest BCUT2D eigenvalue weighted by molar-refractivity contribution is 5.89. The van der Waals surface area contributed by atoms with Crippen LogP contribution in [0.4, 0.5) is 0 Å². The molecule has 2 N–H and O–H groups in total. The zero-order valence-corrected chi connectivity index (χ0v) is 21.1. The molecule has 0 aliphatic carbocycles. The van der Waals surface area contributed by atoms with Gasteiger partial charge >= 0.3 is 17.9 Å². The van der Waals surface area contributed by atoms with Crippen LogP contribution in [0.25, 0.3) is 0 Å². The summed E-state index contributed by atoms with van der Waals surface area (Å²) in [4.78, 5) is 46.8. The topological polar surface area (TPSA) is 134 Å². The number of aliphatic carboxylic acids is 2. The fraction of sp³-hybridized carbons (Fsp3) is 0.520. The highest BCUT2D eigenvalue weighted by Crippen LogP contribution is 2.33. The Labute approximate surface area is 206 Å². The van der Waals surface area contributed by atoms with Gasteiger partial charge in [-0.2, -0.15) is 0 Å². The molecule has 10 nitrogen and oxygen atoms in total. The second kappa shape index (κ2) is 14.8. The molecule has 0 saturated carbocycles. The van der Waals surface area contributed by atoms with E-state index in [1.165, 1.54) is 6.92 Å². The fourth-order valence-corrected chi connectivity index (χ4v) is 3.39. The number of ether oxygens (including phenoxy) is 2. The molecule has 10 heteroatoms. The minimum atomic E-state index is -1.26. The van der Waals surface area contributed by atoms with Crippen molar-refractivity contribution in [1.29, 1.82) is 0 Å². The number of carbonyl (C=O) groups excluding carboxylic acids is 2. The third-order valence-corrected chi connectivity index (χ3v) is 5.49. The molecule has 194 valence electrons. The summed E-state index contributed by atoms with van der Waals surface area (Å²) in [6, 6.07) is 1.91. The van der Waals surface area contributed by atoms with Gasteiger partial charge in [-0.3, -0.25) is 9.59 Å². The van der Waals surface area contributed by atoms with E-state index in [2.05, 4.69) is 11.9 Å². The van der Waals surface area contributed by atoms with Crippen molar-refractivity contribution >= 4 is 23.8 Å². The van der Waals surface area contributed by atoms with Crippen LogP contribution in [-0.2, 0) is 19.2 Å². The van der Waals surface area contributed by atoms with Gasteiger partial charge in [0, 0.05) is 51.7 Å². The van der Waals surface area contributed by atoms with Crippen LogP contribution in [0.5, 0.6) is 11.5 Å². The molecule has 0 radical (unpaired) electrons. The number of hydrogen-bond acceptors (Lipinski definition) is 7. The van der Waals surface area contributed by atoms with E-state index in [1.54, 1.807) is 0 Å². The highest BCUT2D eigenvalue weighted by Gasteiger charge is 2.18. The Morgan fingerprint density at radius 2 is 1.51 bits per heavy atom. The first kappa shape index (κ1) is 29.6. The molecule has 1 fully saturated rings. The van der Waals surface area contributed by atoms with Crippen LogP contribution in [0.1, 0.15) is 42.9 Å². The SMILES string of the molecule is CC(=O)Oc1c(C)cc(OCCCCC(=O)N2CCN(C)CC2)c(C)c1C.O=C(O)/C=C\C(=O)O. The Kier molecular flexibility index (Phi) is 12.5. The summed E-state index contributed by atoms with van der Waals surface area (Å²) in [6.07, 6.45) is 3.36. The lowest BCUT2D eigenvalue weighted by Gasteiger charge is -2.32. The first-order chi connectivity index (χ1) is 16.4. The molecule has 1 aliphatic heterocycles. The van der Waals surface area contributed by atoms with E-state index in [0.717, 1.165) is 61.5 Å². The van der Waals surface area contributed by atoms with Gasteiger partial charge in [-0.25, -0.2) is 9.59 Å². The maximum absolute atomic E-state index is 12.2. The Morgan fingerprint density at radius 3 is 2.03 bits per heavy atom. The van der Waals surface area contributed by atoms with Gasteiger partial charge in [-0.1, -0.05) is 0 Å². The lowest BCUT2D eigenvalue weighted by molar-refractivity contribution is -0.134. The summed E-state index contributed by atoms with van der Waals surface area (Å²) in [5.74, 6) is -1.16. The van der Waals surface area contributed by atoms with Crippen LogP contribution >= 0.6 is 0 Å². The van der Waals surface area contributed by atoms with Crippen LogP contribution in [0.3, 0.4) is 0 Å². The number of rotatable bonds is 9. The number of carboxylic acid groups (broad SMARTS) is 2. The maximum atomic E-state index is 12.2. The Hall–Kier alpha value is -3.40. The summed E-state index contributed by atoms with van der Waals surface area (Å²) < 4.78 is 11.2. The van der Waals surface area contributed by atoms with Crippen molar-refractivity contribution in [3.8, 4) is 11.5 Å². The third kappa shape index (κ3) is 11.0.